The summed E-state index contributed by atoms with van der Waals surface area (Å²) in [4.78, 5) is 15.3. The molecule has 0 aliphatic carbocycles. The molecule has 0 aliphatic rings. The Bertz CT molecular complexity index is 531. The van der Waals surface area contributed by atoms with E-state index in [4.69, 9.17) is 4.74 Å². The van der Waals surface area contributed by atoms with Crippen LogP contribution in [0.25, 0.3) is 0 Å². The van der Waals surface area contributed by atoms with Crippen LogP contribution in [0.4, 0.5) is 0 Å². The molecule has 0 amide bonds. The molecule has 0 aliphatic heterocycles. The molecule has 3 nitrogen and oxygen atoms in total. The predicted molar refractivity (Wildman–Crippen MR) is 72.0 cm³/mol. The number of Topliss-reactive ketones (excluding diaryl/α,β-unsaturated/α-hetero) is 1. The first kappa shape index (κ1) is 12.8. The van der Waals surface area contributed by atoms with Crippen LogP contribution in [0.2, 0.25) is 0 Å². The van der Waals surface area contributed by atoms with Gasteiger partial charge in [0, 0.05) is 17.5 Å². The lowest BCUT2D eigenvalue weighted by atomic mass is 10.1. The predicted octanol–water partition coefficient (Wildman–Crippen LogP) is 3.16. The molecule has 0 spiro atoms. The largest absolute Gasteiger partial charge is 0.486 e. The van der Waals surface area contributed by atoms with E-state index in [9.17, 15) is 4.79 Å². The smallest absolute Gasteiger partial charge is 0.140 e. The maximum absolute atomic E-state index is 11.0. The number of benzene rings is 1. The quantitative estimate of drug-likeness (QED) is 0.830. The number of nitrogens with zero attached hydrogens (tertiary/aromatic N) is 1. The molecule has 0 fully saturated rings. The third-order valence-electron chi connectivity index (χ3n) is 2.41. The van der Waals surface area contributed by atoms with Crippen LogP contribution in [0, 0.1) is 6.92 Å². The van der Waals surface area contributed by atoms with Crippen molar-refractivity contribution in [3.63, 3.8) is 0 Å². The molecular weight excluding hydrogens is 246 g/mol. The number of hydrogen-bond donors (Lipinski definition) is 0. The van der Waals surface area contributed by atoms with E-state index >= 15 is 0 Å². The van der Waals surface area contributed by atoms with Crippen molar-refractivity contribution in [2.24, 2.45) is 0 Å². The van der Waals surface area contributed by atoms with Crippen molar-refractivity contribution >= 4 is 17.1 Å². The Labute approximate surface area is 110 Å². The van der Waals surface area contributed by atoms with Crippen molar-refractivity contribution in [1.29, 1.82) is 0 Å². The monoisotopic (exact) mass is 261 g/mol. The normalized spacial score (nSPS) is 10.3. The molecule has 2 rings (SSSR count). The van der Waals surface area contributed by atoms with Crippen LogP contribution >= 0.6 is 11.3 Å². The first-order chi connectivity index (χ1) is 8.63. The number of ketones is 1. The second-order valence-corrected chi connectivity index (χ2v) is 5.14. The molecule has 0 saturated carbocycles. The van der Waals surface area contributed by atoms with Crippen LogP contribution in [-0.2, 0) is 17.8 Å². The number of carbonyl (C=O) groups is 1. The van der Waals surface area contributed by atoms with E-state index in [1.807, 2.05) is 36.6 Å². The molecule has 2 aromatic rings. The summed E-state index contributed by atoms with van der Waals surface area (Å²) in [6.07, 6.45) is 0.478. The zero-order valence-corrected chi connectivity index (χ0v) is 11.3. The summed E-state index contributed by atoms with van der Waals surface area (Å²) in [6, 6.07) is 7.62. The number of thiazole rings is 1. The van der Waals surface area contributed by atoms with Gasteiger partial charge in [0.1, 0.15) is 23.1 Å². The van der Waals surface area contributed by atoms with Crippen LogP contribution in [0.1, 0.15) is 23.2 Å². The highest BCUT2D eigenvalue weighted by molar-refractivity contribution is 7.09. The van der Waals surface area contributed by atoms with Gasteiger partial charge in [-0.2, -0.15) is 0 Å². The summed E-state index contributed by atoms with van der Waals surface area (Å²) in [7, 11) is 0. The average molecular weight is 261 g/mol. The topological polar surface area (TPSA) is 39.2 Å². The lowest BCUT2D eigenvalue weighted by Crippen LogP contribution is -1.97. The molecule has 18 heavy (non-hydrogen) atoms. The Morgan fingerprint density at radius 2 is 2.06 bits per heavy atom. The van der Waals surface area contributed by atoms with Crippen LogP contribution in [0.5, 0.6) is 5.75 Å². The molecule has 4 heteroatoms. The molecule has 0 radical (unpaired) electrons. The molecular formula is C14H15NO2S. The minimum absolute atomic E-state index is 0.168. The van der Waals surface area contributed by atoms with Gasteiger partial charge in [0.2, 0.25) is 0 Å². The van der Waals surface area contributed by atoms with E-state index in [1.165, 1.54) is 0 Å². The van der Waals surface area contributed by atoms with Crippen molar-refractivity contribution < 1.29 is 9.53 Å². The molecule has 0 N–H and O–H groups in total. The van der Waals surface area contributed by atoms with E-state index < -0.39 is 0 Å². The third-order valence-corrected chi connectivity index (χ3v) is 3.35. The van der Waals surface area contributed by atoms with Crippen molar-refractivity contribution in [3.8, 4) is 5.75 Å². The SMILES string of the molecule is CC(=O)Cc1ccc(OCc2nc(C)cs2)cc1. The van der Waals surface area contributed by atoms with E-state index in [0.717, 1.165) is 22.0 Å². The molecule has 0 saturated heterocycles. The fraction of sp³-hybridized carbons (Fsp3) is 0.286. The van der Waals surface area contributed by atoms with Gasteiger partial charge in [0.25, 0.3) is 0 Å². The first-order valence-electron chi connectivity index (χ1n) is 5.75. The number of aromatic nitrogens is 1. The highest BCUT2D eigenvalue weighted by atomic mass is 32.1. The number of aryl methyl sites for hydroxylation is 1. The molecule has 0 atom stereocenters. The maximum atomic E-state index is 11.0. The molecule has 0 unspecified atom stereocenters. The summed E-state index contributed by atoms with van der Waals surface area (Å²) < 4.78 is 5.63. The van der Waals surface area contributed by atoms with Crippen LogP contribution in [0.15, 0.2) is 29.6 Å². The zero-order chi connectivity index (χ0) is 13.0. The Morgan fingerprint density at radius 3 is 2.61 bits per heavy atom. The van der Waals surface area contributed by atoms with Crippen molar-refractivity contribution in [1.82, 2.24) is 4.98 Å². The fourth-order valence-electron chi connectivity index (χ4n) is 1.61. The second-order valence-electron chi connectivity index (χ2n) is 4.19. The summed E-state index contributed by atoms with van der Waals surface area (Å²) >= 11 is 1.60. The highest BCUT2D eigenvalue weighted by Gasteiger charge is 2.01. The Kier molecular flexibility index (Phi) is 4.10. The van der Waals surface area contributed by atoms with E-state index in [2.05, 4.69) is 4.98 Å². The van der Waals surface area contributed by atoms with Gasteiger partial charge in [0.05, 0.1) is 0 Å². The molecule has 0 bridgehead atoms. The van der Waals surface area contributed by atoms with Crippen molar-refractivity contribution in [3.05, 3.63) is 45.9 Å². The standard InChI is InChI=1S/C14H15NO2S/c1-10-9-18-14(15-10)8-17-13-5-3-12(4-6-13)7-11(2)16/h3-6,9H,7-8H2,1-2H3. The van der Waals surface area contributed by atoms with Gasteiger partial charge in [-0.05, 0) is 31.5 Å². The third kappa shape index (κ3) is 3.67. The van der Waals surface area contributed by atoms with Crippen LogP contribution in [0.3, 0.4) is 0 Å². The minimum atomic E-state index is 0.168. The molecule has 1 aromatic heterocycles. The molecule has 1 heterocycles. The summed E-state index contributed by atoms with van der Waals surface area (Å²) in [5.74, 6) is 0.970. The number of ether oxygens (including phenoxy) is 1. The zero-order valence-electron chi connectivity index (χ0n) is 10.5. The van der Waals surface area contributed by atoms with Gasteiger partial charge in [0.15, 0.2) is 0 Å². The molecule has 94 valence electrons. The number of carbonyl (C=O) groups excluding carboxylic acids is 1. The van der Waals surface area contributed by atoms with Crippen LogP contribution in [-0.4, -0.2) is 10.8 Å². The lowest BCUT2D eigenvalue weighted by molar-refractivity contribution is -0.116. The van der Waals surface area contributed by atoms with Gasteiger partial charge in [-0.1, -0.05) is 12.1 Å². The van der Waals surface area contributed by atoms with Crippen molar-refractivity contribution in [2.45, 2.75) is 26.9 Å². The minimum Gasteiger partial charge on any atom is -0.486 e. The Morgan fingerprint density at radius 1 is 1.33 bits per heavy atom. The van der Waals surface area contributed by atoms with Gasteiger partial charge < -0.3 is 4.74 Å². The van der Waals surface area contributed by atoms with Gasteiger partial charge >= 0.3 is 0 Å². The van der Waals surface area contributed by atoms with E-state index in [0.29, 0.717) is 13.0 Å². The van der Waals surface area contributed by atoms with E-state index in [-0.39, 0.29) is 5.78 Å². The maximum Gasteiger partial charge on any atom is 0.140 e. The summed E-state index contributed by atoms with van der Waals surface area (Å²) in [5.41, 5.74) is 2.04. The van der Waals surface area contributed by atoms with Gasteiger partial charge in [-0.25, -0.2) is 4.98 Å². The average Bonchev–Trinajstić information content (AvgIpc) is 2.74. The number of rotatable bonds is 5. The van der Waals surface area contributed by atoms with Gasteiger partial charge in [-0.3, -0.25) is 4.79 Å². The summed E-state index contributed by atoms with van der Waals surface area (Å²) in [6.45, 7) is 4.05. The second kappa shape index (κ2) is 5.78. The fourth-order valence-corrected chi connectivity index (χ4v) is 2.29. The Hall–Kier alpha value is -1.68. The number of hydrogen-bond acceptors (Lipinski definition) is 4. The molecule has 1 aromatic carbocycles. The first-order valence-corrected chi connectivity index (χ1v) is 6.63. The van der Waals surface area contributed by atoms with Crippen LogP contribution < -0.4 is 4.74 Å². The highest BCUT2D eigenvalue weighted by Crippen LogP contribution is 2.16. The van der Waals surface area contributed by atoms with Gasteiger partial charge in [-0.15, -0.1) is 11.3 Å². The summed E-state index contributed by atoms with van der Waals surface area (Å²) in [5, 5.41) is 2.98. The van der Waals surface area contributed by atoms with E-state index in [1.54, 1.807) is 18.3 Å². The Balaban J connectivity index is 1.92. The lowest BCUT2D eigenvalue weighted by Gasteiger charge is -2.05. The van der Waals surface area contributed by atoms with Crippen molar-refractivity contribution in [2.75, 3.05) is 0 Å².